The van der Waals surface area contributed by atoms with E-state index >= 15 is 0 Å². The maximum atomic E-state index is 11.3. The van der Waals surface area contributed by atoms with Gasteiger partial charge >= 0.3 is 0 Å². The van der Waals surface area contributed by atoms with Gasteiger partial charge in [0, 0.05) is 13.0 Å². The van der Waals surface area contributed by atoms with E-state index in [1.54, 1.807) is 6.92 Å². The van der Waals surface area contributed by atoms with E-state index in [0.717, 1.165) is 29.9 Å². The van der Waals surface area contributed by atoms with Gasteiger partial charge in [-0.2, -0.15) is 0 Å². The predicted octanol–water partition coefficient (Wildman–Crippen LogP) is 1.06. The van der Waals surface area contributed by atoms with Crippen molar-refractivity contribution in [2.45, 2.75) is 19.9 Å². The summed E-state index contributed by atoms with van der Waals surface area (Å²) in [6.45, 7) is 2.70. The number of ether oxygens (including phenoxy) is 1. The van der Waals surface area contributed by atoms with Crippen LogP contribution >= 0.6 is 0 Å². The first-order chi connectivity index (χ1) is 7.61. The summed E-state index contributed by atoms with van der Waals surface area (Å²) >= 11 is 0. The fourth-order valence-corrected chi connectivity index (χ4v) is 2.24. The Morgan fingerprint density at radius 1 is 1.44 bits per heavy atom. The molecule has 1 aliphatic rings. The number of rotatable bonds is 4. The van der Waals surface area contributed by atoms with Gasteiger partial charge < -0.3 is 4.74 Å². The Morgan fingerprint density at radius 2 is 2.25 bits per heavy atom. The van der Waals surface area contributed by atoms with E-state index in [0.29, 0.717) is 6.54 Å². The van der Waals surface area contributed by atoms with Crippen LogP contribution in [0.4, 0.5) is 0 Å². The lowest BCUT2D eigenvalue weighted by atomic mass is 10.1. The molecule has 0 aliphatic carbocycles. The minimum atomic E-state index is -3.11. The molecule has 1 N–H and O–H groups in total. The van der Waals surface area contributed by atoms with Gasteiger partial charge in [0.1, 0.15) is 5.75 Å². The summed E-state index contributed by atoms with van der Waals surface area (Å²) in [6, 6.07) is 5.79. The van der Waals surface area contributed by atoms with E-state index in [1.807, 2.05) is 18.2 Å². The van der Waals surface area contributed by atoms with Crippen LogP contribution in [0.1, 0.15) is 18.1 Å². The quantitative estimate of drug-likeness (QED) is 0.857. The Labute approximate surface area is 95.7 Å². The van der Waals surface area contributed by atoms with E-state index in [1.165, 1.54) is 0 Å². The number of benzene rings is 1. The summed E-state index contributed by atoms with van der Waals surface area (Å²) in [5.41, 5.74) is 2.13. The Bertz CT molecular complexity index is 482. The third kappa shape index (κ3) is 2.54. The zero-order valence-corrected chi connectivity index (χ0v) is 10.0. The molecule has 0 fully saturated rings. The highest BCUT2D eigenvalue weighted by Gasteiger charge is 2.12. The van der Waals surface area contributed by atoms with Crippen LogP contribution in [0.3, 0.4) is 0 Å². The lowest BCUT2D eigenvalue weighted by molar-refractivity contribution is 0.357. The van der Waals surface area contributed by atoms with Crippen LogP contribution in [0.5, 0.6) is 5.75 Å². The monoisotopic (exact) mass is 241 g/mol. The van der Waals surface area contributed by atoms with Crippen molar-refractivity contribution in [1.29, 1.82) is 0 Å². The topological polar surface area (TPSA) is 55.4 Å². The van der Waals surface area contributed by atoms with Gasteiger partial charge in [0.15, 0.2) is 0 Å². The van der Waals surface area contributed by atoms with Crippen LogP contribution in [0.2, 0.25) is 0 Å². The Hall–Kier alpha value is -1.07. The first-order valence-electron chi connectivity index (χ1n) is 5.32. The molecule has 1 aromatic rings. The van der Waals surface area contributed by atoms with Gasteiger partial charge in [0.05, 0.1) is 12.4 Å². The van der Waals surface area contributed by atoms with Crippen molar-refractivity contribution in [1.82, 2.24) is 4.72 Å². The van der Waals surface area contributed by atoms with Crippen molar-refractivity contribution in [2.75, 3.05) is 12.4 Å². The molecule has 0 bridgehead atoms. The zero-order chi connectivity index (χ0) is 11.6. The molecular weight excluding hydrogens is 226 g/mol. The molecule has 5 heteroatoms. The molecule has 1 heterocycles. The minimum Gasteiger partial charge on any atom is -0.493 e. The molecule has 0 atom stereocenters. The summed E-state index contributed by atoms with van der Waals surface area (Å²) in [5, 5.41) is 0. The number of hydrogen-bond acceptors (Lipinski definition) is 3. The van der Waals surface area contributed by atoms with Crippen LogP contribution < -0.4 is 9.46 Å². The lowest BCUT2D eigenvalue weighted by Gasteiger charge is -2.06. The summed E-state index contributed by atoms with van der Waals surface area (Å²) in [6.07, 6.45) is 0.906. The normalized spacial score (nSPS) is 14.6. The molecule has 88 valence electrons. The van der Waals surface area contributed by atoms with Gasteiger partial charge in [-0.05, 0) is 24.1 Å². The molecule has 0 radical (unpaired) electrons. The molecule has 0 amide bonds. The molecular formula is C11H15NO3S. The molecule has 16 heavy (non-hydrogen) atoms. The lowest BCUT2D eigenvalue weighted by Crippen LogP contribution is -2.24. The van der Waals surface area contributed by atoms with E-state index < -0.39 is 10.0 Å². The highest BCUT2D eigenvalue weighted by molar-refractivity contribution is 7.89. The fraction of sp³-hybridized carbons (Fsp3) is 0.455. The van der Waals surface area contributed by atoms with E-state index in [2.05, 4.69) is 4.72 Å². The highest BCUT2D eigenvalue weighted by Crippen LogP contribution is 2.25. The predicted molar refractivity (Wildman–Crippen MR) is 61.9 cm³/mol. The third-order valence-corrected chi connectivity index (χ3v) is 3.97. The summed E-state index contributed by atoms with van der Waals surface area (Å²) < 4.78 is 30.5. The first-order valence-corrected chi connectivity index (χ1v) is 6.98. The average Bonchev–Trinajstić information content (AvgIpc) is 2.73. The molecule has 0 spiro atoms. The summed E-state index contributed by atoms with van der Waals surface area (Å²) in [7, 11) is -3.11. The molecule has 0 unspecified atom stereocenters. The third-order valence-electron chi connectivity index (χ3n) is 2.63. The minimum absolute atomic E-state index is 0.112. The molecule has 1 aliphatic heterocycles. The zero-order valence-electron chi connectivity index (χ0n) is 9.19. The van der Waals surface area contributed by atoms with Crippen molar-refractivity contribution in [3.63, 3.8) is 0 Å². The molecule has 1 aromatic carbocycles. The van der Waals surface area contributed by atoms with Crippen LogP contribution in [0.25, 0.3) is 0 Å². The summed E-state index contributed by atoms with van der Waals surface area (Å²) in [5.74, 6) is 1.03. The van der Waals surface area contributed by atoms with E-state index in [9.17, 15) is 8.42 Å². The maximum Gasteiger partial charge on any atom is 0.211 e. The smallest absolute Gasteiger partial charge is 0.211 e. The standard InChI is InChI=1S/C11H15NO3S/c1-2-16(13,14)12-8-9-3-4-11-10(7-9)5-6-15-11/h3-4,7,12H,2,5-6,8H2,1H3. The molecule has 0 aromatic heterocycles. The van der Waals surface area contributed by atoms with Gasteiger partial charge in [-0.1, -0.05) is 12.1 Å². The van der Waals surface area contributed by atoms with Crippen molar-refractivity contribution in [3.05, 3.63) is 29.3 Å². The SMILES string of the molecule is CCS(=O)(=O)NCc1ccc2c(c1)CCO2. The Balaban J connectivity index is 2.06. The van der Waals surface area contributed by atoms with Gasteiger partial charge in [-0.3, -0.25) is 0 Å². The average molecular weight is 241 g/mol. The van der Waals surface area contributed by atoms with Gasteiger partial charge in [-0.15, -0.1) is 0 Å². The van der Waals surface area contributed by atoms with Crippen molar-refractivity contribution in [2.24, 2.45) is 0 Å². The van der Waals surface area contributed by atoms with E-state index in [-0.39, 0.29) is 5.75 Å². The van der Waals surface area contributed by atoms with Gasteiger partial charge in [0.2, 0.25) is 10.0 Å². The summed E-state index contributed by atoms with van der Waals surface area (Å²) in [4.78, 5) is 0. The largest absolute Gasteiger partial charge is 0.493 e. The van der Waals surface area contributed by atoms with Crippen molar-refractivity contribution in [3.8, 4) is 5.75 Å². The van der Waals surface area contributed by atoms with Gasteiger partial charge in [0.25, 0.3) is 0 Å². The second-order valence-electron chi connectivity index (χ2n) is 3.77. The Morgan fingerprint density at radius 3 is 3.00 bits per heavy atom. The fourth-order valence-electron chi connectivity index (χ4n) is 1.65. The molecule has 4 nitrogen and oxygen atoms in total. The van der Waals surface area contributed by atoms with Crippen LogP contribution in [0.15, 0.2) is 18.2 Å². The van der Waals surface area contributed by atoms with Crippen LogP contribution in [-0.2, 0) is 23.0 Å². The second kappa shape index (κ2) is 4.43. The second-order valence-corrected chi connectivity index (χ2v) is 5.86. The first kappa shape index (κ1) is 11.4. The van der Waals surface area contributed by atoms with Crippen molar-refractivity contribution >= 4 is 10.0 Å². The van der Waals surface area contributed by atoms with Crippen molar-refractivity contribution < 1.29 is 13.2 Å². The maximum absolute atomic E-state index is 11.3. The van der Waals surface area contributed by atoms with Crippen LogP contribution in [-0.4, -0.2) is 20.8 Å². The van der Waals surface area contributed by atoms with E-state index in [4.69, 9.17) is 4.74 Å². The molecule has 2 rings (SSSR count). The van der Waals surface area contributed by atoms with Crippen LogP contribution in [0, 0.1) is 0 Å². The molecule has 0 saturated carbocycles. The number of sulfonamides is 1. The highest BCUT2D eigenvalue weighted by atomic mass is 32.2. The number of hydrogen-bond donors (Lipinski definition) is 1. The molecule has 0 saturated heterocycles. The number of fused-ring (bicyclic) bond motifs is 1. The number of nitrogens with one attached hydrogen (secondary N) is 1. The Kier molecular flexibility index (Phi) is 3.16. The van der Waals surface area contributed by atoms with Gasteiger partial charge in [-0.25, -0.2) is 13.1 Å².